The lowest BCUT2D eigenvalue weighted by Crippen LogP contribution is -2.07. The van der Waals surface area contributed by atoms with Crippen LogP contribution in [-0.2, 0) is 9.47 Å². The number of furan rings is 1. The van der Waals surface area contributed by atoms with Gasteiger partial charge in [0.25, 0.3) is 0 Å². The first kappa shape index (κ1) is 17.6. The molecule has 5 nitrogen and oxygen atoms in total. The van der Waals surface area contributed by atoms with Crippen molar-refractivity contribution >= 4 is 11.9 Å². The normalized spacial score (nSPS) is 19.8. The Morgan fingerprint density at radius 3 is 1.30 bits per heavy atom. The summed E-state index contributed by atoms with van der Waals surface area (Å²) in [5.41, 5.74) is 0. The molecule has 2 rings (SSSR count). The van der Waals surface area contributed by atoms with Crippen molar-refractivity contribution in [3.05, 3.63) is 23.7 Å². The number of hydrogen-bond acceptors (Lipinski definition) is 5. The molecule has 0 amide bonds. The average molecular weight is 322 g/mol. The maximum Gasteiger partial charge on any atom is 0.374 e. The molecule has 5 heteroatoms. The lowest BCUT2D eigenvalue weighted by Gasteiger charge is -2.04. The SMILES string of the molecule is O=C1OCCCCCCCCCCCCOC(=O)c2ccc1o2. The molecule has 2 heterocycles. The predicted molar refractivity (Wildman–Crippen MR) is 85.4 cm³/mol. The molecule has 0 unspecified atom stereocenters. The maximum atomic E-state index is 11.8. The fourth-order valence-electron chi connectivity index (χ4n) is 2.65. The van der Waals surface area contributed by atoms with Crippen LogP contribution in [0.3, 0.4) is 0 Å². The quantitative estimate of drug-likeness (QED) is 0.658. The van der Waals surface area contributed by atoms with Crippen LogP contribution in [0.25, 0.3) is 0 Å². The molecule has 0 aromatic carbocycles. The van der Waals surface area contributed by atoms with E-state index in [4.69, 9.17) is 13.9 Å². The van der Waals surface area contributed by atoms with Crippen LogP contribution in [0.2, 0.25) is 0 Å². The summed E-state index contributed by atoms with van der Waals surface area (Å²) in [7, 11) is 0. The van der Waals surface area contributed by atoms with Crippen LogP contribution in [0.15, 0.2) is 16.5 Å². The van der Waals surface area contributed by atoms with Gasteiger partial charge in [-0.3, -0.25) is 0 Å². The second-order valence-electron chi connectivity index (χ2n) is 5.97. The highest BCUT2D eigenvalue weighted by molar-refractivity contribution is 5.90. The van der Waals surface area contributed by atoms with Gasteiger partial charge in [0.2, 0.25) is 11.5 Å². The minimum Gasteiger partial charge on any atom is -0.460 e. The molecule has 2 bridgehead atoms. The van der Waals surface area contributed by atoms with Crippen LogP contribution in [0.4, 0.5) is 0 Å². The van der Waals surface area contributed by atoms with Crippen molar-refractivity contribution in [3.8, 4) is 0 Å². The van der Waals surface area contributed by atoms with E-state index >= 15 is 0 Å². The molecule has 1 aromatic rings. The fourth-order valence-corrected chi connectivity index (χ4v) is 2.65. The standard InChI is InChI=1S/C18H26O5/c19-17-15-11-12-16(23-15)18(20)22-14-10-8-6-4-2-1-3-5-7-9-13-21-17/h11-12H,1-10,13-14H2. The summed E-state index contributed by atoms with van der Waals surface area (Å²) in [5, 5.41) is 0. The highest BCUT2D eigenvalue weighted by Crippen LogP contribution is 2.14. The molecule has 23 heavy (non-hydrogen) atoms. The van der Waals surface area contributed by atoms with E-state index in [0.717, 1.165) is 25.7 Å². The molecule has 128 valence electrons. The summed E-state index contributed by atoms with van der Waals surface area (Å²) in [6.07, 6.45) is 11.3. The maximum absolute atomic E-state index is 11.8. The Kier molecular flexibility index (Phi) is 7.70. The number of hydrogen-bond donors (Lipinski definition) is 0. The van der Waals surface area contributed by atoms with E-state index in [0.29, 0.717) is 13.2 Å². The number of fused-ring (bicyclic) bond motifs is 2. The molecule has 0 fully saturated rings. The molecule has 1 aromatic heterocycles. The van der Waals surface area contributed by atoms with Crippen molar-refractivity contribution in [3.63, 3.8) is 0 Å². The zero-order valence-electron chi connectivity index (χ0n) is 13.7. The first-order valence-electron chi connectivity index (χ1n) is 8.71. The second kappa shape index (κ2) is 10.1. The van der Waals surface area contributed by atoms with Gasteiger partial charge in [-0.15, -0.1) is 0 Å². The molecule has 0 N–H and O–H groups in total. The highest BCUT2D eigenvalue weighted by Gasteiger charge is 2.17. The highest BCUT2D eigenvalue weighted by atomic mass is 16.6. The van der Waals surface area contributed by atoms with E-state index in [1.807, 2.05) is 0 Å². The Morgan fingerprint density at radius 1 is 0.565 bits per heavy atom. The average Bonchev–Trinajstić information content (AvgIpc) is 3.04. The van der Waals surface area contributed by atoms with Crippen LogP contribution >= 0.6 is 0 Å². The van der Waals surface area contributed by atoms with Gasteiger partial charge in [-0.1, -0.05) is 51.4 Å². The molecule has 0 saturated carbocycles. The number of carbonyl (C=O) groups excluding carboxylic acids is 2. The van der Waals surface area contributed by atoms with Gasteiger partial charge in [0, 0.05) is 0 Å². The summed E-state index contributed by atoms with van der Waals surface area (Å²) >= 11 is 0. The van der Waals surface area contributed by atoms with Gasteiger partial charge in [0.15, 0.2) is 0 Å². The Labute approximate surface area is 137 Å². The van der Waals surface area contributed by atoms with E-state index < -0.39 is 11.9 Å². The Hall–Kier alpha value is -1.78. The van der Waals surface area contributed by atoms with Crippen molar-refractivity contribution in [1.29, 1.82) is 0 Å². The number of rotatable bonds is 0. The van der Waals surface area contributed by atoms with Gasteiger partial charge in [0.05, 0.1) is 13.2 Å². The zero-order valence-corrected chi connectivity index (χ0v) is 13.7. The van der Waals surface area contributed by atoms with E-state index in [-0.39, 0.29) is 11.5 Å². The van der Waals surface area contributed by atoms with Crippen molar-refractivity contribution in [1.82, 2.24) is 0 Å². The predicted octanol–water partition coefficient (Wildman–Crippen LogP) is 4.51. The van der Waals surface area contributed by atoms with Crippen molar-refractivity contribution in [2.45, 2.75) is 64.2 Å². The Morgan fingerprint density at radius 2 is 0.913 bits per heavy atom. The topological polar surface area (TPSA) is 65.7 Å². The van der Waals surface area contributed by atoms with E-state index in [9.17, 15) is 9.59 Å². The van der Waals surface area contributed by atoms with Gasteiger partial charge >= 0.3 is 11.9 Å². The lowest BCUT2D eigenvalue weighted by atomic mass is 10.1. The van der Waals surface area contributed by atoms with Crippen LogP contribution in [0.1, 0.15) is 85.3 Å². The second-order valence-corrected chi connectivity index (χ2v) is 5.97. The first-order valence-corrected chi connectivity index (χ1v) is 8.71. The summed E-state index contributed by atoms with van der Waals surface area (Å²) in [4.78, 5) is 23.6. The number of esters is 2. The van der Waals surface area contributed by atoms with Crippen molar-refractivity contribution < 1.29 is 23.5 Å². The van der Waals surface area contributed by atoms with Crippen molar-refractivity contribution in [2.75, 3.05) is 13.2 Å². The molecule has 0 atom stereocenters. The van der Waals surface area contributed by atoms with E-state index in [1.165, 1.54) is 50.7 Å². The molecular weight excluding hydrogens is 296 g/mol. The third-order valence-corrected chi connectivity index (χ3v) is 4.01. The molecule has 0 aliphatic carbocycles. The Balaban J connectivity index is 1.86. The summed E-state index contributed by atoms with van der Waals surface area (Å²) in [6, 6.07) is 2.91. The minimum atomic E-state index is -0.526. The number of carbonyl (C=O) groups is 2. The monoisotopic (exact) mass is 322 g/mol. The van der Waals surface area contributed by atoms with Crippen LogP contribution in [0.5, 0.6) is 0 Å². The van der Waals surface area contributed by atoms with Crippen LogP contribution in [0, 0.1) is 0 Å². The van der Waals surface area contributed by atoms with Crippen LogP contribution < -0.4 is 0 Å². The molecule has 0 radical (unpaired) electrons. The zero-order chi connectivity index (χ0) is 16.3. The smallest absolute Gasteiger partial charge is 0.374 e. The molecule has 1 aliphatic heterocycles. The molecule has 0 saturated heterocycles. The minimum absolute atomic E-state index is 0.0508. The van der Waals surface area contributed by atoms with Gasteiger partial charge < -0.3 is 13.9 Å². The largest absolute Gasteiger partial charge is 0.460 e. The number of cyclic esters (lactones) is 2. The van der Waals surface area contributed by atoms with Gasteiger partial charge in [-0.25, -0.2) is 9.59 Å². The molecule has 1 aliphatic rings. The summed E-state index contributed by atoms with van der Waals surface area (Å²) in [6.45, 7) is 0.776. The summed E-state index contributed by atoms with van der Waals surface area (Å²) < 4.78 is 15.5. The van der Waals surface area contributed by atoms with Crippen LogP contribution in [-0.4, -0.2) is 25.2 Å². The molecular formula is C18H26O5. The number of ether oxygens (including phenoxy) is 2. The van der Waals surface area contributed by atoms with Crippen molar-refractivity contribution in [2.24, 2.45) is 0 Å². The Bertz CT molecular complexity index is 449. The van der Waals surface area contributed by atoms with Gasteiger partial charge in [0.1, 0.15) is 0 Å². The summed E-state index contributed by atoms with van der Waals surface area (Å²) in [5.74, 6) is -0.950. The fraction of sp³-hybridized carbons (Fsp3) is 0.667. The lowest BCUT2D eigenvalue weighted by molar-refractivity contribution is 0.0427. The first-order chi connectivity index (χ1) is 11.3. The molecule has 0 spiro atoms. The third-order valence-electron chi connectivity index (χ3n) is 4.01. The van der Waals surface area contributed by atoms with E-state index in [1.54, 1.807) is 0 Å². The third kappa shape index (κ3) is 6.47. The van der Waals surface area contributed by atoms with E-state index in [2.05, 4.69) is 0 Å². The van der Waals surface area contributed by atoms with Gasteiger partial charge in [-0.05, 0) is 25.0 Å². The van der Waals surface area contributed by atoms with Gasteiger partial charge in [-0.2, -0.15) is 0 Å².